The van der Waals surface area contributed by atoms with Gasteiger partial charge in [-0.3, -0.25) is 14.9 Å². The van der Waals surface area contributed by atoms with Gasteiger partial charge in [-0.05, 0) is 67.4 Å². The Morgan fingerprint density at radius 3 is 2.40 bits per heavy atom. The Morgan fingerprint density at radius 1 is 0.914 bits per heavy atom. The number of methoxy groups -OCH3 is 1. The van der Waals surface area contributed by atoms with Crippen molar-refractivity contribution in [2.24, 2.45) is 0 Å². The van der Waals surface area contributed by atoms with Crippen LogP contribution in [0.15, 0.2) is 78.4 Å². The zero-order valence-electron chi connectivity index (χ0n) is 19.5. The SMILES string of the molecule is COc1ccccc1N1C(=O)/C(=C/c2cc(C)n(-c3cccc4ccccc34)c2C)C(=O)NC1=S. The van der Waals surface area contributed by atoms with Crippen LogP contribution in [-0.4, -0.2) is 28.6 Å². The summed E-state index contributed by atoms with van der Waals surface area (Å²) in [5.41, 5.74) is 4.20. The van der Waals surface area contributed by atoms with Crippen molar-refractivity contribution >= 4 is 51.7 Å². The fraction of sp³-hybridized carbons (Fsp3) is 0.107. The number of para-hydroxylation sites is 2. The molecule has 0 spiro atoms. The molecular weight excluding hydrogens is 458 g/mol. The maximum atomic E-state index is 13.5. The fourth-order valence-electron chi connectivity index (χ4n) is 4.55. The van der Waals surface area contributed by atoms with Crippen molar-refractivity contribution in [1.29, 1.82) is 0 Å². The number of ether oxygens (including phenoxy) is 1. The Balaban J connectivity index is 1.61. The molecule has 0 saturated carbocycles. The second-order valence-corrected chi connectivity index (χ2v) is 8.68. The van der Waals surface area contributed by atoms with E-state index in [1.807, 2.05) is 38.1 Å². The Hall–Kier alpha value is -4.23. The smallest absolute Gasteiger partial charge is 0.270 e. The number of aromatic nitrogens is 1. The van der Waals surface area contributed by atoms with Crippen LogP contribution in [0, 0.1) is 13.8 Å². The first-order valence-corrected chi connectivity index (χ1v) is 11.5. The van der Waals surface area contributed by atoms with Crippen molar-refractivity contribution in [2.45, 2.75) is 13.8 Å². The number of carbonyl (C=O) groups is 2. The molecule has 35 heavy (non-hydrogen) atoms. The van der Waals surface area contributed by atoms with Crippen molar-refractivity contribution in [3.63, 3.8) is 0 Å². The second kappa shape index (κ2) is 8.85. The van der Waals surface area contributed by atoms with Crippen LogP contribution in [0.1, 0.15) is 17.0 Å². The Morgan fingerprint density at radius 2 is 1.60 bits per heavy atom. The summed E-state index contributed by atoms with van der Waals surface area (Å²) in [7, 11) is 1.52. The molecule has 2 heterocycles. The Bertz CT molecular complexity index is 1550. The van der Waals surface area contributed by atoms with Crippen LogP contribution in [0.2, 0.25) is 0 Å². The quantitative estimate of drug-likeness (QED) is 0.251. The minimum Gasteiger partial charge on any atom is -0.495 e. The molecular formula is C28H23N3O3S. The van der Waals surface area contributed by atoms with Crippen molar-refractivity contribution in [3.05, 3.63) is 95.3 Å². The minimum atomic E-state index is -0.527. The minimum absolute atomic E-state index is 0.00248. The number of carbonyl (C=O) groups excluding carboxylic acids is 2. The van der Waals surface area contributed by atoms with E-state index < -0.39 is 11.8 Å². The number of fused-ring (bicyclic) bond motifs is 1. The highest BCUT2D eigenvalue weighted by Crippen LogP contribution is 2.32. The molecule has 0 unspecified atom stereocenters. The molecule has 1 aliphatic rings. The van der Waals surface area contributed by atoms with Crippen LogP contribution in [0.3, 0.4) is 0 Å². The zero-order chi connectivity index (χ0) is 24.7. The number of benzene rings is 3. The summed E-state index contributed by atoms with van der Waals surface area (Å²) in [5, 5.41) is 4.92. The van der Waals surface area contributed by atoms with Gasteiger partial charge < -0.3 is 9.30 Å². The van der Waals surface area contributed by atoms with Crippen molar-refractivity contribution < 1.29 is 14.3 Å². The number of aryl methyl sites for hydroxylation is 1. The maximum Gasteiger partial charge on any atom is 0.270 e. The standard InChI is InChI=1S/C28H23N3O3S/c1-17-15-20(18(2)30(17)23-13-8-10-19-9-4-5-11-21(19)23)16-22-26(32)29-28(35)31(27(22)33)24-12-6-7-14-25(24)34-3/h4-16H,1-3H3,(H,29,32,35)/b22-16+. The van der Waals surface area contributed by atoms with Crippen molar-refractivity contribution in [2.75, 3.05) is 12.0 Å². The summed E-state index contributed by atoms with van der Waals surface area (Å²) in [4.78, 5) is 27.7. The summed E-state index contributed by atoms with van der Waals surface area (Å²) in [6, 6.07) is 23.4. The molecule has 0 aliphatic carbocycles. The molecule has 7 heteroatoms. The molecule has 2 amide bonds. The van der Waals surface area contributed by atoms with Gasteiger partial charge in [-0.2, -0.15) is 0 Å². The number of nitrogens with zero attached hydrogens (tertiary/aromatic N) is 2. The molecule has 4 aromatic rings. The topological polar surface area (TPSA) is 63.6 Å². The normalized spacial score (nSPS) is 15.1. The van der Waals surface area contributed by atoms with E-state index in [1.165, 1.54) is 12.0 Å². The van der Waals surface area contributed by atoms with Gasteiger partial charge in [0.2, 0.25) is 0 Å². The first kappa shape index (κ1) is 22.6. The van der Waals surface area contributed by atoms with Gasteiger partial charge >= 0.3 is 0 Å². The van der Waals surface area contributed by atoms with Crippen molar-refractivity contribution in [3.8, 4) is 11.4 Å². The Kier molecular flexibility index (Phi) is 5.70. The first-order valence-electron chi connectivity index (χ1n) is 11.1. The predicted molar refractivity (Wildman–Crippen MR) is 142 cm³/mol. The number of anilines is 1. The number of rotatable bonds is 4. The molecule has 3 aromatic carbocycles. The van der Waals surface area contributed by atoms with Gasteiger partial charge in [0.1, 0.15) is 11.3 Å². The average Bonchev–Trinajstić information content (AvgIpc) is 3.14. The summed E-state index contributed by atoms with van der Waals surface area (Å²) in [6.45, 7) is 3.99. The monoisotopic (exact) mass is 481 g/mol. The summed E-state index contributed by atoms with van der Waals surface area (Å²) < 4.78 is 7.55. The largest absolute Gasteiger partial charge is 0.495 e. The van der Waals surface area contributed by atoms with Crippen LogP contribution < -0.4 is 15.0 Å². The number of amides is 2. The van der Waals surface area contributed by atoms with Gasteiger partial charge in [-0.1, -0.05) is 48.5 Å². The molecule has 5 rings (SSSR count). The molecule has 6 nitrogen and oxygen atoms in total. The van der Waals surface area contributed by atoms with E-state index in [-0.39, 0.29) is 10.7 Å². The lowest BCUT2D eigenvalue weighted by molar-refractivity contribution is -0.122. The van der Waals surface area contributed by atoms with Gasteiger partial charge in [0.05, 0.1) is 18.5 Å². The van der Waals surface area contributed by atoms with Gasteiger partial charge in [0.25, 0.3) is 11.8 Å². The highest BCUT2D eigenvalue weighted by atomic mass is 32.1. The third kappa shape index (κ3) is 3.80. The van der Waals surface area contributed by atoms with E-state index in [4.69, 9.17) is 17.0 Å². The van der Waals surface area contributed by atoms with E-state index in [1.54, 1.807) is 30.3 Å². The highest BCUT2D eigenvalue weighted by molar-refractivity contribution is 7.80. The third-order valence-electron chi connectivity index (χ3n) is 6.21. The summed E-state index contributed by atoms with van der Waals surface area (Å²) >= 11 is 5.33. The van der Waals surface area contributed by atoms with Crippen molar-refractivity contribution in [1.82, 2.24) is 9.88 Å². The van der Waals surface area contributed by atoms with E-state index in [0.717, 1.165) is 33.4 Å². The molecule has 1 fully saturated rings. The summed E-state index contributed by atoms with van der Waals surface area (Å²) in [6.07, 6.45) is 1.63. The van der Waals surface area contributed by atoms with Crippen LogP contribution in [0.25, 0.3) is 22.5 Å². The second-order valence-electron chi connectivity index (χ2n) is 8.29. The third-order valence-corrected chi connectivity index (χ3v) is 6.49. The number of thiocarbonyl (C=S) groups is 1. The van der Waals surface area contributed by atoms with Gasteiger partial charge in [-0.25, -0.2) is 4.90 Å². The number of hydrogen-bond donors (Lipinski definition) is 1. The molecule has 0 radical (unpaired) electrons. The molecule has 1 aromatic heterocycles. The van der Waals surface area contributed by atoms with Crippen LogP contribution >= 0.6 is 12.2 Å². The van der Waals surface area contributed by atoms with Crippen LogP contribution in [0.4, 0.5) is 5.69 Å². The molecule has 1 N–H and O–H groups in total. The molecule has 0 atom stereocenters. The number of nitrogens with one attached hydrogen (secondary N) is 1. The zero-order valence-corrected chi connectivity index (χ0v) is 20.3. The molecule has 174 valence electrons. The lowest BCUT2D eigenvalue weighted by Gasteiger charge is -2.29. The van der Waals surface area contributed by atoms with Crippen LogP contribution in [0.5, 0.6) is 5.75 Å². The van der Waals surface area contributed by atoms with Gasteiger partial charge in [0, 0.05) is 16.8 Å². The molecule has 1 aliphatic heterocycles. The van der Waals surface area contributed by atoms with E-state index >= 15 is 0 Å². The molecule has 1 saturated heterocycles. The Labute approximate surface area is 208 Å². The van der Waals surface area contributed by atoms with Gasteiger partial charge in [-0.15, -0.1) is 0 Å². The molecule has 0 bridgehead atoms. The highest BCUT2D eigenvalue weighted by Gasteiger charge is 2.36. The maximum absolute atomic E-state index is 13.5. The predicted octanol–water partition coefficient (Wildman–Crippen LogP) is 5.09. The lowest BCUT2D eigenvalue weighted by Crippen LogP contribution is -2.54. The fourth-order valence-corrected chi connectivity index (χ4v) is 4.83. The van der Waals surface area contributed by atoms with E-state index in [9.17, 15) is 9.59 Å². The lowest BCUT2D eigenvalue weighted by atomic mass is 10.1. The van der Waals surface area contributed by atoms with E-state index in [0.29, 0.717) is 11.4 Å². The average molecular weight is 482 g/mol. The van der Waals surface area contributed by atoms with Gasteiger partial charge in [0.15, 0.2) is 5.11 Å². The first-order chi connectivity index (χ1) is 16.9. The number of hydrogen-bond acceptors (Lipinski definition) is 4. The van der Waals surface area contributed by atoms with Crippen LogP contribution in [-0.2, 0) is 9.59 Å². The summed E-state index contributed by atoms with van der Waals surface area (Å²) in [5.74, 6) is -0.549. The van der Waals surface area contributed by atoms with E-state index in [2.05, 4.69) is 34.1 Å².